The maximum atomic E-state index is 12.9. The van der Waals surface area contributed by atoms with E-state index in [9.17, 15) is 4.79 Å². The zero-order valence-electron chi connectivity index (χ0n) is 18.7. The van der Waals surface area contributed by atoms with Crippen LogP contribution in [0.15, 0.2) is 85.2 Å². The number of esters is 1. The molecular formula is C27H20ClN3O3S. The number of fused-ring (bicyclic) bond motifs is 1. The minimum Gasteiger partial charge on any atom is -0.457 e. The molecule has 1 N–H and O–H groups in total. The number of thiophene rings is 1. The van der Waals surface area contributed by atoms with Crippen molar-refractivity contribution in [3.63, 3.8) is 0 Å². The van der Waals surface area contributed by atoms with Gasteiger partial charge in [0, 0.05) is 5.02 Å². The average molecular weight is 502 g/mol. The van der Waals surface area contributed by atoms with E-state index in [1.54, 1.807) is 18.2 Å². The molecule has 0 aliphatic heterocycles. The Bertz CT molecular complexity index is 1490. The van der Waals surface area contributed by atoms with Gasteiger partial charge in [0.2, 0.25) is 0 Å². The largest absolute Gasteiger partial charge is 0.457 e. The molecule has 0 unspecified atom stereocenters. The summed E-state index contributed by atoms with van der Waals surface area (Å²) in [6.45, 7) is 2.07. The lowest BCUT2D eigenvalue weighted by Gasteiger charge is -2.14. The topological polar surface area (TPSA) is 73.3 Å². The van der Waals surface area contributed by atoms with Crippen molar-refractivity contribution in [2.45, 2.75) is 13.5 Å². The van der Waals surface area contributed by atoms with Gasteiger partial charge in [-0.1, -0.05) is 60.1 Å². The smallest absolute Gasteiger partial charge is 0.349 e. The molecule has 0 fully saturated rings. The van der Waals surface area contributed by atoms with Crippen molar-refractivity contribution in [2.24, 2.45) is 0 Å². The number of hydrogen-bond donors (Lipinski definition) is 1. The number of para-hydroxylation sites is 1. The van der Waals surface area contributed by atoms with E-state index in [0.717, 1.165) is 16.5 Å². The van der Waals surface area contributed by atoms with Crippen LogP contribution in [0.2, 0.25) is 5.02 Å². The van der Waals surface area contributed by atoms with Gasteiger partial charge < -0.3 is 14.8 Å². The fourth-order valence-corrected chi connectivity index (χ4v) is 4.80. The Morgan fingerprint density at radius 1 is 1.00 bits per heavy atom. The fourth-order valence-electron chi connectivity index (χ4n) is 3.58. The average Bonchev–Trinajstić information content (AvgIpc) is 3.23. The van der Waals surface area contributed by atoms with Crippen molar-refractivity contribution >= 4 is 50.6 Å². The molecule has 0 aliphatic carbocycles. The van der Waals surface area contributed by atoms with E-state index in [2.05, 4.69) is 15.3 Å². The lowest BCUT2D eigenvalue weighted by atomic mass is 10.2. The molecule has 5 aromatic rings. The highest BCUT2D eigenvalue weighted by Gasteiger charge is 2.21. The van der Waals surface area contributed by atoms with Crippen LogP contribution in [0.3, 0.4) is 0 Å². The molecule has 35 heavy (non-hydrogen) atoms. The number of carbonyl (C=O) groups is 1. The highest BCUT2D eigenvalue weighted by Crippen LogP contribution is 2.38. The van der Waals surface area contributed by atoms with Crippen molar-refractivity contribution in [3.05, 3.63) is 106 Å². The quantitative estimate of drug-likeness (QED) is 0.232. The van der Waals surface area contributed by atoms with Gasteiger partial charge in [-0.15, -0.1) is 11.3 Å². The van der Waals surface area contributed by atoms with Crippen molar-refractivity contribution in [2.75, 3.05) is 5.32 Å². The van der Waals surface area contributed by atoms with Gasteiger partial charge in [-0.05, 0) is 48.4 Å². The summed E-state index contributed by atoms with van der Waals surface area (Å²) in [7, 11) is 0. The van der Waals surface area contributed by atoms with Crippen LogP contribution in [-0.4, -0.2) is 15.9 Å². The summed E-state index contributed by atoms with van der Waals surface area (Å²) in [4.78, 5) is 22.9. The molecule has 2 heterocycles. The Morgan fingerprint density at radius 2 is 1.74 bits per heavy atom. The molecular weight excluding hydrogens is 482 g/mol. The van der Waals surface area contributed by atoms with E-state index in [1.807, 2.05) is 67.6 Å². The molecule has 8 heteroatoms. The number of anilines is 2. The van der Waals surface area contributed by atoms with Gasteiger partial charge in [-0.3, -0.25) is 0 Å². The van der Waals surface area contributed by atoms with Crippen LogP contribution >= 0.6 is 22.9 Å². The van der Waals surface area contributed by atoms with Crippen molar-refractivity contribution in [1.82, 2.24) is 9.97 Å². The maximum absolute atomic E-state index is 12.9. The Balaban J connectivity index is 1.44. The molecule has 0 aliphatic rings. The summed E-state index contributed by atoms with van der Waals surface area (Å²) in [5.74, 6) is 1.44. The van der Waals surface area contributed by atoms with Gasteiger partial charge in [-0.25, -0.2) is 14.8 Å². The van der Waals surface area contributed by atoms with Crippen LogP contribution in [-0.2, 0) is 11.3 Å². The summed E-state index contributed by atoms with van der Waals surface area (Å²) in [5, 5.41) is 4.61. The second-order valence-corrected chi connectivity index (χ2v) is 9.14. The molecule has 0 saturated carbocycles. The van der Waals surface area contributed by atoms with Crippen LogP contribution in [0.25, 0.3) is 10.2 Å². The zero-order valence-corrected chi connectivity index (χ0v) is 20.3. The van der Waals surface area contributed by atoms with E-state index >= 15 is 0 Å². The van der Waals surface area contributed by atoms with Crippen LogP contribution in [0.4, 0.5) is 11.5 Å². The van der Waals surface area contributed by atoms with Crippen LogP contribution in [0.5, 0.6) is 11.5 Å². The molecule has 0 saturated heterocycles. The Labute approximate surface area is 211 Å². The van der Waals surface area contributed by atoms with Crippen LogP contribution in [0.1, 0.15) is 20.8 Å². The lowest BCUT2D eigenvalue weighted by Crippen LogP contribution is -2.04. The van der Waals surface area contributed by atoms with E-state index in [0.29, 0.717) is 37.7 Å². The molecule has 0 spiro atoms. The van der Waals surface area contributed by atoms with Gasteiger partial charge in [-0.2, -0.15) is 0 Å². The summed E-state index contributed by atoms with van der Waals surface area (Å²) >= 11 is 7.56. The molecule has 6 nitrogen and oxygen atoms in total. The number of carbonyl (C=O) groups excluding carboxylic acids is 1. The number of ether oxygens (including phenoxy) is 2. The molecule has 0 atom stereocenters. The summed E-state index contributed by atoms with van der Waals surface area (Å²) in [6.07, 6.45) is 1.46. The first-order chi connectivity index (χ1) is 17.1. The Hall–Kier alpha value is -3.94. The highest BCUT2D eigenvalue weighted by atomic mass is 35.5. The normalized spacial score (nSPS) is 10.8. The second-order valence-electron chi connectivity index (χ2n) is 7.70. The van der Waals surface area contributed by atoms with Gasteiger partial charge in [0.05, 0.1) is 11.1 Å². The first-order valence-electron chi connectivity index (χ1n) is 10.8. The van der Waals surface area contributed by atoms with Crippen LogP contribution in [0, 0.1) is 6.92 Å². The first-order valence-corrected chi connectivity index (χ1v) is 12.0. The van der Waals surface area contributed by atoms with E-state index < -0.39 is 5.97 Å². The Kier molecular flexibility index (Phi) is 6.61. The maximum Gasteiger partial charge on any atom is 0.349 e. The summed E-state index contributed by atoms with van der Waals surface area (Å²) < 4.78 is 11.6. The number of nitrogens with zero attached hydrogens (tertiary/aromatic N) is 2. The predicted octanol–water partition coefficient (Wildman–Crippen LogP) is 7.55. The number of aryl methyl sites for hydroxylation is 1. The summed E-state index contributed by atoms with van der Waals surface area (Å²) in [6, 6.07) is 24.4. The molecule has 0 radical (unpaired) electrons. The van der Waals surface area contributed by atoms with Crippen LogP contribution < -0.4 is 10.1 Å². The number of benzene rings is 3. The van der Waals surface area contributed by atoms with Gasteiger partial charge >= 0.3 is 5.97 Å². The predicted molar refractivity (Wildman–Crippen MR) is 139 cm³/mol. The number of nitrogens with one attached hydrogen (secondary N) is 1. The van der Waals surface area contributed by atoms with Crippen molar-refractivity contribution in [3.8, 4) is 11.5 Å². The minimum atomic E-state index is -0.392. The van der Waals surface area contributed by atoms with Gasteiger partial charge in [0.25, 0.3) is 0 Å². The van der Waals surface area contributed by atoms with Crippen molar-refractivity contribution in [1.29, 1.82) is 0 Å². The number of hydrogen-bond acceptors (Lipinski definition) is 7. The highest BCUT2D eigenvalue weighted by molar-refractivity contribution is 7.20. The summed E-state index contributed by atoms with van der Waals surface area (Å²) in [5.41, 5.74) is 2.31. The Morgan fingerprint density at radius 3 is 2.51 bits per heavy atom. The first kappa shape index (κ1) is 22.8. The van der Waals surface area contributed by atoms with Gasteiger partial charge in [0.15, 0.2) is 5.75 Å². The fraction of sp³-hybridized carbons (Fsp3) is 0.0741. The van der Waals surface area contributed by atoms with Crippen molar-refractivity contribution < 1.29 is 14.3 Å². The molecule has 3 aromatic carbocycles. The zero-order chi connectivity index (χ0) is 24.2. The SMILES string of the molecule is Cc1c(C(=O)OCc2ccccc2)sc2ncnc(Nc3cc(Cl)ccc3Oc3ccccc3)c12. The number of aromatic nitrogens is 2. The number of rotatable bonds is 7. The number of halogens is 1. The molecule has 0 amide bonds. The van der Waals surface area contributed by atoms with Gasteiger partial charge in [0.1, 0.15) is 34.2 Å². The standard InChI is InChI=1S/C27H20ClN3O3S/c1-17-23-25(31-21-14-19(28)12-13-22(21)34-20-10-6-3-7-11-20)29-16-30-26(23)35-24(17)27(32)33-15-18-8-4-2-5-9-18/h2-14,16H,15H2,1H3,(H,29,30,31). The third-order valence-electron chi connectivity index (χ3n) is 5.29. The van der Waals surface area contributed by atoms with E-state index in [1.165, 1.54) is 17.7 Å². The monoisotopic (exact) mass is 501 g/mol. The second kappa shape index (κ2) is 10.1. The molecule has 0 bridgehead atoms. The minimum absolute atomic E-state index is 0.201. The molecule has 5 rings (SSSR count). The molecule has 2 aromatic heterocycles. The lowest BCUT2D eigenvalue weighted by molar-refractivity contribution is 0.0478. The van der Waals surface area contributed by atoms with E-state index in [-0.39, 0.29) is 6.61 Å². The molecule has 174 valence electrons. The third-order valence-corrected chi connectivity index (χ3v) is 6.71. The third kappa shape index (κ3) is 5.11. The van der Waals surface area contributed by atoms with E-state index in [4.69, 9.17) is 21.1 Å².